The molecule has 4 heteroatoms. The average Bonchev–Trinajstić information content (AvgIpc) is 2.48. The molecular formula is C17H22N2O2. The molecule has 1 heterocycles. The standard InChI is InChI=1S/C17H22N2O2/c1-19-10-5-9-16(13-19)18-17(21)15-8-4-7-14(12-15)6-2-3-11-20/h4,7-8,12,16,20H,3,5,9-11,13H2,1H3,(H,18,21). The van der Waals surface area contributed by atoms with Crippen molar-refractivity contribution < 1.29 is 9.90 Å². The number of rotatable bonds is 3. The minimum Gasteiger partial charge on any atom is -0.395 e. The first-order chi connectivity index (χ1) is 10.2. The van der Waals surface area contributed by atoms with E-state index in [9.17, 15) is 4.79 Å². The molecule has 0 saturated carbocycles. The van der Waals surface area contributed by atoms with Crippen molar-refractivity contribution >= 4 is 5.91 Å². The maximum Gasteiger partial charge on any atom is 0.251 e. The maximum atomic E-state index is 12.3. The summed E-state index contributed by atoms with van der Waals surface area (Å²) in [5.41, 5.74) is 1.44. The molecule has 1 aliphatic heterocycles. The van der Waals surface area contributed by atoms with Crippen LogP contribution >= 0.6 is 0 Å². The zero-order chi connectivity index (χ0) is 15.1. The van der Waals surface area contributed by atoms with E-state index in [1.807, 2.05) is 12.1 Å². The largest absolute Gasteiger partial charge is 0.395 e. The number of likely N-dealkylation sites (N-methyl/N-ethyl adjacent to an activating group) is 1. The summed E-state index contributed by atoms with van der Waals surface area (Å²) in [5, 5.41) is 11.8. The molecule has 1 aromatic rings. The molecule has 1 saturated heterocycles. The number of benzene rings is 1. The van der Waals surface area contributed by atoms with Crippen molar-refractivity contribution in [1.29, 1.82) is 0 Å². The van der Waals surface area contributed by atoms with Crippen LogP contribution in [0.25, 0.3) is 0 Å². The predicted octanol–water partition coefficient (Wildman–Crippen LogP) is 1.24. The van der Waals surface area contributed by atoms with Crippen LogP contribution in [0.1, 0.15) is 35.2 Å². The Morgan fingerprint density at radius 3 is 3.14 bits per heavy atom. The van der Waals surface area contributed by atoms with Gasteiger partial charge in [0.1, 0.15) is 0 Å². The van der Waals surface area contributed by atoms with Crippen LogP contribution in [0.2, 0.25) is 0 Å². The summed E-state index contributed by atoms with van der Waals surface area (Å²) < 4.78 is 0. The molecule has 2 rings (SSSR count). The topological polar surface area (TPSA) is 52.6 Å². The Balaban J connectivity index is 1.99. The van der Waals surface area contributed by atoms with Crippen molar-refractivity contribution in [3.05, 3.63) is 35.4 Å². The molecule has 0 spiro atoms. The van der Waals surface area contributed by atoms with E-state index < -0.39 is 0 Å². The zero-order valence-electron chi connectivity index (χ0n) is 12.4. The highest BCUT2D eigenvalue weighted by Crippen LogP contribution is 2.10. The summed E-state index contributed by atoms with van der Waals surface area (Å²) in [7, 11) is 2.08. The minimum absolute atomic E-state index is 0.0406. The first-order valence-corrected chi connectivity index (χ1v) is 7.38. The third kappa shape index (κ3) is 4.89. The van der Waals surface area contributed by atoms with Gasteiger partial charge in [0.05, 0.1) is 6.61 Å². The summed E-state index contributed by atoms with van der Waals surface area (Å²) in [6.45, 7) is 2.06. The van der Waals surface area contributed by atoms with Crippen molar-refractivity contribution in [3.8, 4) is 11.8 Å². The second-order valence-electron chi connectivity index (χ2n) is 5.43. The van der Waals surface area contributed by atoms with E-state index >= 15 is 0 Å². The van der Waals surface area contributed by atoms with E-state index in [1.54, 1.807) is 12.1 Å². The van der Waals surface area contributed by atoms with E-state index in [4.69, 9.17) is 5.11 Å². The van der Waals surface area contributed by atoms with Crippen LogP contribution < -0.4 is 5.32 Å². The van der Waals surface area contributed by atoms with Crippen molar-refractivity contribution in [2.24, 2.45) is 0 Å². The molecule has 0 bridgehead atoms. The second-order valence-corrected chi connectivity index (χ2v) is 5.43. The third-order valence-corrected chi connectivity index (χ3v) is 3.55. The SMILES string of the molecule is CN1CCCC(NC(=O)c2cccc(C#CCCO)c2)C1. The van der Waals surface area contributed by atoms with Crippen LogP contribution in [0.15, 0.2) is 24.3 Å². The highest BCUT2D eigenvalue weighted by Gasteiger charge is 2.19. The fourth-order valence-corrected chi connectivity index (χ4v) is 2.51. The Kier molecular flexibility index (Phi) is 5.79. The van der Waals surface area contributed by atoms with Gasteiger partial charge in [-0.1, -0.05) is 17.9 Å². The number of hydrogen-bond donors (Lipinski definition) is 2. The first kappa shape index (κ1) is 15.6. The van der Waals surface area contributed by atoms with Gasteiger partial charge in [-0.15, -0.1) is 0 Å². The van der Waals surface area contributed by atoms with Gasteiger partial charge in [0, 0.05) is 30.1 Å². The first-order valence-electron chi connectivity index (χ1n) is 7.38. The Hall–Kier alpha value is -1.83. The lowest BCUT2D eigenvalue weighted by Crippen LogP contribution is -2.46. The van der Waals surface area contributed by atoms with Crippen LogP contribution in [0.4, 0.5) is 0 Å². The normalized spacial score (nSPS) is 18.7. The molecular weight excluding hydrogens is 264 g/mol. The number of hydrogen-bond acceptors (Lipinski definition) is 3. The molecule has 1 amide bonds. The Bertz CT molecular complexity index is 545. The minimum atomic E-state index is -0.0406. The fourth-order valence-electron chi connectivity index (χ4n) is 2.51. The molecule has 0 radical (unpaired) electrons. The summed E-state index contributed by atoms with van der Waals surface area (Å²) in [4.78, 5) is 14.5. The number of aliphatic hydroxyl groups excluding tert-OH is 1. The quantitative estimate of drug-likeness (QED) is 0.822. The van der Waals surface area contributed by atoms with Gasteiger partial charge in [0.15, 0.2) is 0 Å². The lowest BCUT2D eigenvalue weighted by Gasteiger charge is -2.30. The van der Waals surface area contributed by atoms with Gasteiger partial charge in [-0.2, -0.15) is 0 Å². The Morgan fingerprint density at radius 2 is 2.38 bits per heavy atom. The van der Waals surface area contributed by atoms with Gasteiger partial charge < -0.3 is 15.3 Å². The van der Waals surface area contributed by atoms with E-state index in [0.717, 1.165) is 31.5 Å². The van der Waals surface area contributed by atoms with Gasteiger partial charge in [-0.25, -0.2) is 0 Å². The molecule has 21 heavy (non-hydrogen) atoms. The van der Waals surface area contributed by atoms with Crippen molar-refractivity contribution in [2.45, 2.75) is 25.3 Å². The van der Waals surface area contributed by atoms with Gasteiger partial charge in [0.25, 0.3) is 5.91 Å². The van der Waals surface area contributed by atoms with E-state index in [2.05, 4.69) is 29.1 Å². The summed E-state index contributed by atoms with van der Waals surface area (Å²) in [6, 6.07) is 7.53. The number of nitrogens with one attached hydrogen (secondary N) is 1. The second kappa shape index (κ2) is 7.82. The number of piperidine rings is 1. The number of carbonyl (C=O) groups excluding carboxylic acids is 1. The summed E-state index contributed by atoms with van der Waals surface area (Å²) in [6.07, 6.45) is 2.60. The maximum absolute atomic E-state index is 12.3. The molecule has 4 nitrogen and oxygen atoms in total. The lowest BCUT2D eigenvalue weighted by atomic mass is 10.1. The van der Waals surface area contributed by atoms with Crippen LogP contribution in [0.5, 0.6) is 0 Å². The van der Waals surface area contributed by atoms with Gasteiger partial charge in [-0.3, -0.25) is 4.79 Å². The van der Waals surface area contributed by atoms with Gasteiger partial charge in [0.2, 0.25) is 0 Å². The molecule has 1 atom stereocenters. The van der Waals surface area contributed by atoms with E-state index in [1.165, 1.54) is 0 Å². The van der Waals surface area contributed by atoms with Crippen LogP contribution in [-0.4, -0.2) is 48.7 Å². The molecule has 1 aliphatic rings. The van der Waals surface area contributed by atoms with Gasteiger partial charge >= 0.3 is 0 Å². The van der Waals surface area contributed by atoms with E-state index in [-0.39, 0.29) is 18.6 Å². The number of nitrogens with zero attached hydrogens (tertiary/aromatic N) is 1. The molecule has 1 fully saturated rings. The van der Waals surface area contributed by atoms with E-state index in [0.29, 0.717) is 12.0 Å². The Labute approximate surface area is 126 Å². The predicted molar refractivity (Wildman–Crippen MR) is 83.0 cm³/mol. The van der Waals surface area contributed by atoms with Crippen molar-refractivity contribution in [2.75, 3.05) is 26.7 Å². The van der Waals surface area contributed by atoms with Crippen LogP contribution in [0.3, 0.4) is 0 Å². The molecule has 0 aromatic heterocycles. The highest BCUT2D eigenvalue weighted by molar-refractivity contribution is 5.94. The molecule has 0 aliphatic carbocycles. The number of carbonyl (C=O) groups is 1. The van der Waals surface area contributed by atoms with Crippen molar-refractivity contribution in [3.63, 3.8) is 0 Å². The zero-order valence-corrected chi connectivity index (χ0v) is 12.4. The highest BCUT2D eigenvalue weighted by atomic mass is 16.2. The summed E-state index contributed by atoms with van der Waals surface area (Å²) >= 11 is 0. The van der Waals surface area contributed by atoms with Gasteiger partial charge in [-0.05, 0) is 44.6 Å². The smallest absolute Gasteiger partial charge is 0.251 e. The number of likely N-dealkylation sites (tertiary alicyclic amines) is 1. The lowest BCUT2D eigenvalue weighted by molar-refractivity contribution is 0.0912. The van der Waals surface area contributed by atoms with Crippen LogP contribution in [0, 0.1) is 11.8 Å². The number of amides is 1. The summed E-state index contributed by atoms with van der Waals surface area (Å²) in [5.74, 6) is 5.78. The molecule has 2 N–H and O–H groups in total. The van der Waals surface area contributed by atoms with Crippen LogP contribution in [-0.2, 0) is 0 Å². The third-order valence-electron chi connectivity index (χ3n) is 3.55. The molecule has 1 unspecified atom stereocenters. The monoisotopic (exact) mass is 286 g/mol. The number of aliphatic hydroxyl groups is 1. The fraction of sp³-hybridized carbons (Fsp3) is 0.471. The Morgan fingerprint density at radius 1 is 1.52 bits per heavy atom. The van der Waals surface area contributed by atoms with Crippen molar-refractivity contribution in [1.82, 2.24) is 10.2 Å². The average molecular weight is 286 g/mol. The molecule has 1 aromatic carbocycles. The molecule has 112 valence electrons.